The summed E-state index contributed by atoms with van der Waals surface area (Å²) in [5.74, 6) is 0.507. The van der Waals surface area contributed by atoms with E-state index in [1.807, 2.05) is 0 Å². The van der Waals surface area contributed by atoms with Crippen molar-refractivity contribution in [3.8, 4) is 11.6 Å². The molecule has 18 heavy (non-hydrogen) atoms. The van der Waals surface area contributed by atoms with Crippen molar-refractivity contribution in [3.63, 3.8) is 0 Å². The maximum absolute atomic E-state index is 5.93. The summed E-state index contributed by atoms with van der Waals surface area (Å²) in [5, 5.41) is 1.35. The van der Waals surface area contributed by atoms with Crippen LogP contribution in [-0.4, -0.2) is 4.98 Å². The predicted octanol–water partition coefficient (Wildman–Crippen LogP) is 5.07. The summed E-state index contributed by atoms with van der Waals surface area (Å²) in [4.78, 5) is 3.95. The van der Waals surface area contributed by atoms with E-state index in [4.69, 9.17) is 56.9 Å². The van der Waals surface area contributed by atoms with Gasteiger partial charge in [-0.15, -0.1) is 0 Å². The second-order valence-corrected chi connectivity index (χ2v) is 5.00. The van der Waals surface area contributed by atoms with Crippen LogP contribution in [0.25, 0.3) is 0 Å². The lowest BCUT2D eigenvalue weighted by Gasteiger charge is -2.10. The number of nitrogens with two attached hydrogens (primary N) is 1. The van der Waals surface area contributed by atoms with Gasteiger partial charge in [0.15, 0.2) is 5.75 Å². The summed E-state index contributed by atoms with van der Waals surface area (Å²) in [5.41, 5.74) is 6.08. The van der Waals surface area contributed by atoms with Gasteiger partial charge >= 0.3 is 0 Å². The van der Waals surface area contributed by atoms with Crippen molar-refractivity contribution in [2.45, 2.75) is 0 Å². The van der Waals surface area contributed by atoms with Gasteiger partial charge in [-0.05, 0) is 12.1 Å². The number of benzene rings is 1. The Morgan fingerprint density at radius 2 is 1.61 bits per heavy atom. The van der Waals surface area contributed by atoms with E-state index in [1.165, 1.54) is 24.4 Å². The summed E-state index contributed by atoms with van der Waals surface area (Å²) in [6.07, 6.45) is 1.41. The number of nitrogen functional groups attached to an aromatic ring is 1. The molecule has 94 valence electrons. The van der Waals surface area contributed by atoms with Gasteiger partial charge in [-0.25, -0.2) is 4.98 Å². The molecule has 0 saturated carbocycles. The summed E-state index contributed by atoms with van der Waals surface area (Å²) < 4.78 is 5.46. The van der Waals surface area contributed by atoms with Gasteiger partial charge < -0.3 is 10.5 Å². The smallest absolute Gasteiger partial charge is 0.238 e. The number of rotatable bonds is 2. The van der Waals surface area contributed by atoms with Crippen molar-refractivity contribution >= 4 is 52.1 Å². The van der Waals surface area contributed by atoms with Crippen LogP contribution in [-0.2, 0) is 0 Å². The standard InChI is InChI=1S/C11H6Cl4N2O/c12-5-1-8(15)11(17-4-5)18-10-3-7(14)6(13)2-9(10)16/h1-4H,16H2. The third kappa shape index (κ3) is 2.93. The Hall–Kier alpha value is -0.870. The second-order valence-electron chi connectivity index (χ2n) is 3.35. The molecule has 7 heteroatoms. The number of hydrogen-bond donors (Lipinski definition) is 1. The third-order valence-corrected chi connectivity index (χ3v) is 3.23. The molecule has 0 amide bonds. The van der Waals surface area contributed by atoms with E-state index < -0.39 is 0 Å². The lowest BCUT2D eigenvalue weighted by atomic mass is 10.3. The van der Waals surface area contributed by atoms with Crippen LogP contribution in [0.4, 0.5) is 5.69 Å². The predicted molar refractivity (Wildman–Crippen MR) is 75.2 cm³/mol. The van der Waals surface area contributed by atoms with E-state index >= 15 is 0 Å². The van der Waals surface area contributed by atoms with E-state index in [0.29, 0.717) is 26.5 Å². The molecule has 1 aromatic heterocycles. The molecular weight excluding hydrogens is 318 g/mol. The number of aromatic nitrogens is 1. The number of anilines is 1. The monoisotopic (exact) mass is 322 g/mol. The molecule has 0 aliphatic rings. The van der Waals surface area contributed by atoms with Gasteiger partial charge in [0, 0.05) is 12.3 Å². The largest absolute Gasteiger partial charge is 0.435 e. The number of halogens is 4. The van der Waals surface area contributed by atoms with Gasteiger partial charge in [0.05, 0.1) is 20.8 Å². The minimum absolute atomic E-state index is 0.186. The Labute approximate surface area is 123 Å². The van der Waals surface area contributed by atoms with Crippen LogP contribution in [0.15, 0.2) is 24.4 Å². The van der Waals surface area contributed by atoms with Crippen molar-refractivity contribution in [2.24, 2.45) is 0 Å². The van der Waals surface area contributed by atoms with Crippen LogP contribution in [0.2, 0.25) is 20.1 Å². The maximum atomic E-state index is 5.93. The Morgan fingerprint density at radius 1 is 0.944 bits per heavy atom. The topological polar surface area (TPSA) is 48.1 Å². The number of pyridine rings is 1. The molecule has 0 unspecified atom stereocenters. The first kappa shape index (κ1) is 13.6. The highest BCUT2D eigenvalue weighted by Gasteiger charge is 2.10. The molecule has 0 bridgehead atoms. The van der Waals surface area contributed by atoms with Crippen LogP contribution >= 0.6 is 46.4 Å². The quantitative estimate of drug-likeness (QED) is 0.785. The van der Waals surface area contributed by atoms with Crippen LogP contribution in [0.3, 0.4) is 0 Å². The van der Waals surface area contributed by atoms with Crippen LogP contribution in [0, 0.1) is 0 Å². The highest BCUT2D eigenvalue weighted by atomic mass is 35.5. The van der Waals surface area contributed by atoms with Crippen molar-refractivity contribution in [2.75, 3.05) is 5.73 Å². The van der Waals surface area contributed by atoms with Gasteiger partial charge in [-0.1, -0.05) is 46.4 Å². The zero-order chi connectivity index (χ0) is 13.3. The van der Waals surface area contributed by atoms with Crippen molar-refractivity contribution in [1.29, 1.82) is 0 Å². The minimum atomic E-state index is 0.186. The molecular formula is C11H6Cl4N2O. The first-order valence-corrected chi connectivity index (χ1v) is 6.22. The fraction of sp³-hybridized carbons (Fsp3) is 0. The zero-order valence-electron chi connectivity index (χ0n) is 8.75. The highest BCUT2D eigenvalue weighted by Crippen LogP contribution is 2.36. The van der Waals surface area contributed by atoms with Crippen molar-refractivity contribution in [3.05, 3.63) is 44.5 Å². The van der Waals surface area contributed by atoms with Gasteiger partial charge in [0.1, 0.15) is 5.02 Å². The maximum Gasteiger partial charge on any atom is 0.238 e. The SMILES string of the molecule is Nc1cc(Cl)c(Cl)cc1Oc1ncc(Cl)cc1Cl. The zero-order valence-corrected chi connectivity index (χ0v) is 11.8. The molecule has 0 fully saturated rings. The summed E-state index contributed by atoms with van der Waals surface area (Å²) in [7, 11) is 0. The number of ether oxygens (including phenoxy) is 1. The second kappa shape index (κ2) is 5.41. The molecule has 2 N–H and O–H groups in total. The molecule has 2 aromatic rings. The Balaban J connectivity index is 2.37. The average Bonchev–Trinajstić information content (AvgIpc) is 2.29. The molecule has 1 heterocycles. The molecule has 0 spiro atoms. The van der Waals surface area contributed by atoms with Crippen LogP contribution in [0.1, 0.15) is 0 Å². The summed E-state index contributed by atoms with van der Waals surface area (Å²) in [6.45, 7) is 0. The summed E-state index contributed by atoms with van der Waals surface area (Å²) in [6, 6.07) is 4.49. The highest BCUT2D eigenvalue weighted by molar-refractivity contribution is 6.42. The Kier molecular flexibility index (Phi) is 4.07. The van der Waals surface area contributed by atoms with Gasteiger partial charge in [0.25, 0.3) is 0 Å². The van der Waals surface area contributed by atoms with Crippen molar-refractivity contribution in [1.82, 2.24) is 4.98 Å². The third-order valence-electron chi connectivity index (χ3n) is 2.03. The first-order chi connectivity index (χ1) is 8.47. The lowest BCUT2D eigenvalue weighted by Crippen LogP contribution is -1.94. The van der Waals surface area contributed by atoms with Crippen LogP contribution < -0.4 is 10.5 Å². The van der Waals surface area contributed by atoms with E-state index in [0.717, 1.165) is 0 Å². The molecule has 0 aliphatic carbocycles. The van der Waals surface area contributed by atoms with E-state index in [-0.39, 0.29) is 10.9 Å². The normalized spacial score (nSPS) is 10.4. The number of hydrogen-bond acceptors (Lipinski definition) is 3. The fourth-order valence-electron chi connectivity index (χ4n) is 1.21. The fourth-order valence-corrected chi connectivity index (χ4v) is 1.96. The molecule has 1 aromatic carbocycles. The molecule has 0 aliphatic heterocycles. The summed E-state index contributed by atoms with van der Waals surface area (Å²) >= 11 is 23.4. The minimum Gasteiger partial charge on any atom is -0.435 e. The molecule has 3 nitrogen and oxygen atoms in total. The lowest BCUT2D eigenvalue weighted by molar-refractivity contribution is 0.465. The molecule has 0 atom stereocenters. The molecule has 2 rings (SSSR count). The van der Waals surface area contributed by atoms with E-state index in [9.17, 15) is 0 Å². The van der Waals surface area contributed by atoms with Gasteiger partial charge in [0.2, 0.25) is 5.88 Å². The van der Waals surface area contributed by atoms with Gasteiger partial charge in [-0.3, -0.25) is 0 Å². The van der Waals surface area contributed by atoms with E-state index in [1.54, 1.807) is 0 Å². The molecule has 0 radical (unpaired) electrons. The van der Waals surface area contributed by atoms with Crippen molar-refractivity contribution < 1.29 is 4.74 Å². The van der Waals surface area contributed by atoms with Crippen LogP contribution in [0.5, 0.6) is 11.6 Å². The first-order valence-electron chi connectivity index (χ1n) is 4.71. The molecule has 0 saturated heterocycles. The van der Waals surface area contributed by atoms with Gasteiger partial charge in [-0.2, -0.15) is 0 Å². The Bertz CT molecular complexity index is 604. The number of nitrogens with zero attached hydrogens (tertiary/aromatic N) is 1. The van der Waals surface area contributed by atoms with E-state index in [2.05, 4.69) is 4.98 Å². The average molecular weight is 324 g/mol. The Morgan fingerprint density at radius 3 is 2.28 bits per heavy atom.